The van der Waals surface area contributed by atoms with E-state index in [2.05, 4.69) is 26.5 Å². The number of fused-ring (bicyclic) bond motifs is 1. The number of non-ortho nitro benzene ring substituents is 1. The average molecular weight is 450 g/mol. The summed E-state index contributed by atoms with van der Waals surface area (Å²) in [6, 6.07) is 9.03. The number of hydrogen-bond acceptors (Lipinski definition) is 7. The highest BCUT2D eigenvalue weighted by Crippen LogP contribution is 2.31. The lowest BCUT2D eigenvalue weighted by molar-refractivity contribution is -0.384. The number of aromatic hydroxyl groups is 1. The summed E-state index contributed by atoms with van der Waals surface area (Å²) in [4.78, 5) is 23.0. The maximum Gasteiger partial charge on any atom is 0.281 e. The average Bonchev–Trinajstić information content (AvgIpc) is 3.06. The monoisotopic (exact) mass is 449 g/mol. The van der Waals surface area contributed by atoms with E-state index < -0.39 is 10.8 Å². The predicted molar refractivity (Wildman–Crippen MR) is 106 cm³/mol. The summed E-state index contributed by atoms with van der Waals surface area (Å²) >= 11 is 4.50. The van der Waals surface area contributed by atoms with Crippen LogP contribution in [0.4, 0.5) is 5.69 Å². The smallest absolute Gasteiger partial charge is 0.281 e. The van der Waals surface area contributed by atoms with Crippen molar-refractivity contribution < 1.29 is 19.6 Å². The van der Waals surface area contributed by atoms with E-state index >= 15 is 0 Å². The molecule has 2 N–H and O–H groups in total. The van der Waals surface area contributed by atoms with Crippen LogP contribution in [0, 0.1) is 10.1 Å². The van der Waals surface area contributed by atoms with Gasteiger partial charge in [-0.2, -0.15) is 5.10 Å². The lowest BCUT2D eigenvalue weighted by Gasteiger charge is -2.06. The molecular weight excluding hydrogens is 438 g/mol. The van der Waals surface area contributed by atoms with Crippen LogP contribution in [-0.4, -0.2) is 29.3 Å². The molecule has 138 valence electrons. The summed E-state index contributed by atoms with van der Waals surface area (Å²) in [7, 11) is 1.43. The van der Waals surface area contributed by atoms with E-state index in [-0.39, 0.29) is 17.2 Å². The van der Waals surface area contributed by atoms with Crippen LogP contribution in [0.2, 0.25) is 0 Å². The van der Waals surface area contributed by atoms with Gasteiger partial charge in [0.25, 0.3) is 11.6 Å². The number of carbonyl (C=O) groups excluding carboxylic acids is 1. The number of benzene rings is 2. The van der Waals surface area contributed by atoms with Gasteiger partial charge < -0.3 is 9.84 Å². The standard InChI is InChI=1S/C17H12BrN3O5S/c1-26-14-5-10(12(18)7-13(14)22)8-19-20-17(23)16-6-9-4-11(21(24)25)2-3-15(9)27-16/h2-8,22H,1H3,(H,20,23)/b19-8+. The fraction of sp³-hybridized carbons (Fsp3) is 0.0588. The molecule has 0 radical (unpaired) electrons. The van der Waals surface area contributed by atoms with Crippen LogP contribution in [0.1, 0.15) is 15.2 Å². The second-order valence-electron chi connectivity index (χ2n) is 5.33. The van der Waals surface area contributed by atoms with Crippen molar-refractivity contribution in [2.24, 2.45) is 5.10 Å². The molecule has 8 nitrogen and oxygen atoms in total. The Morgan fingerprint density at radius 1 is 1.37 bits per heavy atom. The molecule has 1 heterocycles. The van der Waals surface area contributed by atoms with Gasteiger partial charge in [-0.1, -0.05) is 0 Å². The van der Waals surface area contributed by atoms with Crippen molar-refractivity contribution in [3.05, 3.63) is 61.4 Å². The first-order valence-electron chi connectivity index (χ1n) is 7.47. The molecule has 0 fully saturated rings. The summed E-state index contributed by atoms with van der Waals surface area (Å²) in [6.45, 7) is 0. The molecule has 1 aromatic heterocycles. The minimum Gasteiger partial charge on any atom is -0.504 e. The molecule has 0 saturated carbocycles. The van der Waals surface area contributed by atoms with Crippen molar-refractivity contribution in [3.63, 3.8) is 0 Å². The molecule has 1 amide bonds. The van der Waals surface area contributed by atoms with Gasteiger partial charge in [0.05, 0.1) is 23.1 Å². The highest BCUT2D eigenvalue weighted by Gasteiger charge is 2.13. The van der Waals surface area contributed by atoms with Gasteiger partial charge in [0, 0.05) is 32.3 Å². The number of hydrogen-bond donors (Lipinski definition) is 2. The number of nitrogens with one attached hydrogen (secondary N) is 1. The van der Waals surface area contributed by atoms with Crippen molar-refractivity contribution in [1.82, 2.24) is 5.43 Å². The SMILES string of the molecule is COc1cc(/C=N/NC(=O)c2cc3cc([N+](=O)[O-])ccc3s2)c(Br)cc1O. The van der Waals surface area contributed by atoms with E-state index in [1.165, 1.54) is 42.9 Å². The van der Waals surface area contributed by atoms with Crippen molar-refractivity contribution in [2.75, 3.05) is 7.11 Å². The second kappa shape index (κ2) is 7.72. The van der Waals surface area contributed by atoms with Gasteiger partial charge in [0.2, 0.25) is 0 Å². The van der Waals surface area contributed by atoms with Gasteiger partial charge >= 0.3 is 0 Å². The van der Waals surface area contributed by atoms with E-state index in [1.807, 2.05) is 0 Å². The molecule has 0 aliphatic rings. The minimum atomic E-state index is -0.481. The van der Waals surface area contributed by atoms with Crippen molar-refractivity contribution >= 4 is 55.2 Å². The van der Waals surface area contributed by atoms with Gasteiger partial charge in [-0.25, -0.2) is 5.43 Å². The number of amides is 1. The third kappa shape index (κ3) is 4.07. The van der Waals surface area contributed by atoms with Gasteiger partial charge in [-0.15, -0.1) is 11.3 Å². The zero-order valence-electron chi connectivity index (χ0n) is 13.8. The second-order valence-corrected chi connectivity index (χ2v) is 7.27. The normalized spacial score (nSPS) is 11.0. The number of carbonyl (C=O) groups is 1. The van der Waals surface area contributed by atoms with Crippen LogP contribution < -0.4 is 10.2 Å². The predicted octanol–water partition coefficient (Wildman–Crippen LogP) is 4.05. The summed E-state index contributed by atoms with van der Waals surface area (Å²) in [5.74, 6) is -0.182. The first kappa shape index (κ1) is 18.8. The van der Waals surface area contributed by atoms with Crippen LogP contribution in [0.25, 0.3) is 10.1 Å². The Morgan fingerprint density at radius 2 is 2.15 bits per heavy atom. The number of thiophene rings is 1. The molecule has 0 aliphatic heterocycles. The van der Waals surface area contributed by atoms with Crippen LogP contribution in [0.3, 0.4) is 0 Å². The molecule has 0 unspecified atom stereocenters. The Bertz CT molecular complexity index is 1080. The number of ether oxygens (including phenoxy) is 1. The Labute approximate surface area is 165 Å². The van der Waals surface area contributed by atoms with E-state index in [9.17, 15) is 20.0 Å². The highest BCUT2D eigenvalue weighted by molar-refractivity contribution is 9.10. The number of phenols is 1. The number of nitrogens with zero attached hydrogens (tertiary/aromatic N) is 2. The first-order valence-corrected chi connectivity index (χ1v) is 9.08. The van der Waals surface area contributed by atoms with Crippen LogP contribution in [-0.2, 0) is 0 Å². The van der Waals surface area contributed by atoms with Gasteiger partial charge in [-0.3, -0.25) is 14.9 Å². The maximum atomic E-state index is 12.3. The quantitative estimate of drug-likeness (QED) is 0.346. The number of phenolic OH excluding ortho intramolecular Hbond substituents is 1. The Balaban J connectivity index is 1.77. The van der Waals surface area contributed by atoms with Crippen LogP contribution in [0.15, 0.2) is 46.0 Å². The molecule has 0 aliphatic carbocycles. The molecule has 3 aromatic rings. The van der Waals surface area contributed by atoms with Crippen molar-refractivity contribution in [2.45, 2.75) is 0 Å². The molecule has 0 atom stereocenters. The third-order valence-electron chi connectivity index (χ3n) is 3.60. The first-order chi connectivity index (χ1) is 12.9. The Morgan fingerprint density at radius 3 is 2.85 bits per heavy atom. The van der Waals surface area contributed by atoms with Gasteiger partial charge in [0.1, 0.15) is 0 Å². The van der Waals surface area contributed by atoms with Crippen LogP contribution in [0.5, 0.6) is 11.5 Å². The van der Waals surface area contributed by atoms with E-state index in [0.717, 1.165) is 4.70 Å². The Hall–Kier alpha value is -2.98. The van der Waals surface area contributed by atoms with Gasteiger partial charge in [0.15, 0.2) is 11.5 Å². The number of hydrazone groups is 1. The molecule has 0 spiro atoms. The molecule has 0 bridgehead atoms. The molecule has 0 saturated heterocycles. The van der Waals surface area contributed by atoms with E-state index in [0.29, 0.717) is 20.3 Å². The third-order valence-corrected chi connectivity index (χ3v) is 5.40. The van der Waals surface area contributed by atoms with Crippen molar-refractivity contribution in [1.29, 1.82) is 0 Å². The number of nitro groups is 1. The van der Waals surface area contributed by atoms with E-state index in [1.54, 1.807) is 18.2 Å². The number of methoxy groups -OCH3 is 1. The largest absolute Gasteiger partial charge is 0.504 e. The summed E-state index contributed by atoms with van der Waals surface area (Å²) in [5.41, 5.74) is 2.97. The fourth-order valence-electron chi connectivity index (χ4n) is 2.29. The highest BCUT2D eigenvalue weighted by atomic mass is 79.9. The molecule has 2 aromatic carbocycles. The summed E-state index contributed by atoms with van der Waals surface area (Å²) in [5, 5.41) is 25.1. The lowest BCUT2D eigenvalue weighted by Crippen LogP contribution is -2.16. The molecule has 3 rings (SSSR count). The molecular formula is C17H12BrN3O5S. The minimum absolute atomic E-state index is 0.0232. The fourth-order valence-corrected chi connectivity index (χ4v) is 3.66. The molecule has 10 heteroatoms. The maximum absolute atomic E-state index is 12.3. The zero-order chi connectivity index (χ0) is 19.6. The summed E-state index contributed by atoms with van der Waals surface area (Å²) < 4.78 is 6.37. The van der Waals surface area contributed by atoms with Gasteiger partial charge in [-0.05, 0) is 40.2 Å². The lowest BCUT2D eigenvalue weighted by atomic mass is 10.2. The topological polar surface area (TPSA) is 114 Å². The Kier molecular flexibility index (Phi) is 5.38. The molecule has 27 heavy (non-hydrogen) atoms. The number of nitro benzene ring substituents is 1. The van der Waals surface area contributed by atoms with E-state index in [4.69, 9.17) is 4.74 Å². The zero-order valence-corrected chi connectivity index (χ0v) is 16.2. The number of rotatable bonds is 5. The van der Waals surface area contributed by atoms with Crippen LogP contribution >= 0.6 is 27.3 Å². The van der Waals surface area contributed by atoms with Crippen molar-refractivity contribution in [3.8, 4) is 11.5 Å². The summed E-state index contributed by atoms with van der Waals surface area (Å²) in [6.07, 6.45) is 1.40. The number of halogens is 1.